The van der Waals surface area contributed by atoms with Gasteiger partial charge in [-0.05, 0) is 33.3 Å². The van der Waals surface area contributed by atoms with Crippen LogP contribution in [-0.2, 0) is 0 Å². The Hall–Kier alpha value is -1.45. The van der Waals surface area contributed by atoms with Crippen LogP contribution in [-0.4, -0.2) is 33.4 Å². The van der Waals surface area contributed by atoms with Crippen LogP contribution in [0.15, 0.2) is 12.4 Å². The minimum Gasteiger partial charge on any atom is -0.334 e. The van der Waals surface area contributed by atoms with E-state index in [1.54, 1.807) is 24.3 Å². The molecule has 0 aromatic carbocycles. The van der Waals surface area contributed by atoms with Gasteiger partial charge in [0.1, 0.15) is 0 Å². The lowest BCUT2D eigenvalue weighted by atomic mass is 10.1. The number of carbonyl (C=O) groups excluding carboxylic acids is 1. The van der Waals surface area contributed by atoms with Crippen molar-refractivity contribution in [2.45, 2.75) is 47.1 Å². The molecule has 0 fully saturated rings. The smallest absolute Gasteiger partial charge is 0.291 e. The number of nitrogens with zero attached hydrogens (tertiary/aromatic N) is 3. The second kappa shape index (κ2) is 6.33. The maximum atomic E-state index is 11.9. The zero-order valence-electron chi connectivity index (χ0n) is 11.9. The van der Waals surface area contributed by atoms with Crippen molar-refractivity contribution in [2.75, 3.05) is 7.05 Å². The number of carbonyl (C=O) groups is 1. The zero-order valence-corrected chi connectivity index (χ0v) is 11.9. The predicted octanol–water partition coefficient (Wildman–Crippen LogP) is 2.68. The van der Waals surface area contributed by atoms with Crippen LogP contribution in [0.5, 0.6) is 0 Å². The summed E-state index contributed by atoms with van der Waals surface area (Å²) in [5.74, 6) is 0.0977. The number of hydrogen-bond acceptors (Lipinski definition) is 3. The van der Waals surface area contributed by atoms with Crippen molar-refractivity contribution < 1.29 is 4.79 Å². The summed E-state index contributed by atoms with van der Waals surface area (Å²) in [5.41, 5.74) is 0.732. The highest BCUT2D eigenvalue weighted by atomic mass is 16.2. The largest absolute Gasteiger partial charge is 0.334 e. The lowest BCUT2D eigenvalue weighted by molar-refractivity contribution is 0.0643. The average molecular weight is 237 g/mol. The molecule has 1 aromatic rings. The topological polar surface area (TPSA) is 46.1 Å². The predicted molar refractivity (Wildman–Crippen MR) is 70.0 cm³/mol. The minimum absolute atomic E-state index is 0.150. The van der Waals surface area contributed by atoms with Crippen LogP contribution in [0.2, 0.25) is 0 Å². The molecule has 4 heteroatoms. The summed E-state index contributed by atoms with van der Waals surface area (Å²) in [6.45, 7) is 11.8. The Labute approximate surface area is 104 Å². The first-order chi connectivity index (χ1) is 7.82. The molecule has 1 aromatic heterocycles. The van der Waals surface area contributed by atoms with E-state index < -0.39 is 0 Å². The normalized spacial score (nSPS) is 10.3. The van der Waals surface area contributed by atoms with Crippen molar-refractivity contribution in [1.29, 1.82) is 0 Å². The van der Waals surface area contributed by atoms with Crippen molar-refractivity contribution in [2.24, 2.45) is 0 Å². The average Bonchev–Trinajstić information content (AvgIpc) is 2.29. The Morgan fingerprint density at radius 1 is 1.18 bits per heavy atom. The van der Waals surface area contributed by atoms with Crippen LogP contribution in [0.4, 0.5) is 0 Å². The van der Waals surface area contributed by atoms with E-state index >= 15 is 0 Å². The molecule has 0 spiro atoms. The molecule has 0 aliphatic rings. The first kappa shape index (κ1) is 15.6. The van der Waals surface area contributed by atoms with Gasteiger partial charge >= 0.3 is 0 Å². The fourth-order valence-corrected chi connectivity index (χ4v) is 0.958. The lowest BCUT2D eigenvalue weighted by Crippen LogP contribution is -2.43. The van der Waals surface area contributed by atoms with Gasteiger partial charge in [0.25, 0.3) is 5.91 Å². The standard InChI is InChI=1S/C11H17N3O.C2H6/c1-8-6-12-9(13-7-8)10(15)14(5)11(2,3)4;1-2/h6-7H,1-5H3;1-2H3. The SMILES string of the molecule is CC.Cc1cnc(C(=O)N(C)C(C)(C)C)nc1. The lowest BCUT2D eigenvalue weighted by Gasteiger charge is -2.31. The highest BCUT2D eigenvalue weighted by molar-refractivity contribution is 5.90. The molecular weight excluding hydrogens is 214 g/mol. The molecule has 0 saturated carbocycles. The zero-order chi connectivity index (χ0) is 13.6. The van der Waals surface area contributed by atoms with Gasteiger partial charge in [0.2, 0.25) is 5.82 Å². The van der Waals surface area contributed by atoms with Crippen molar-refractivity contribution in [3.8, 4) is 0 Å². The van der Waals surface area contributed by atoms with E-state index in [0.29, 0.717) is 0 Å². The summed E-state index contributed by atoms with van der Waals surface area (Å²) in [7, 11) is 1.76. The van der Waals surface area contributed by atoms with Gasteiger partial charge in [-0.25, -0.2) is 9.97 Å². The van der Waals surface area contributed by atoms with Crippen LogP contribution in [0.1, 0.15) is 50.8 Å². The molecule has 1 amide bonds. The van der Waals surface area contributed by atoms with Gasteiger partial charge in [-0.15, -0.1) is 0 Å². The molecule has 0 atom stereocenters. The fourth-order valence-electron chi connectivity index (χ4n) is 0.958. The molecule has 0 unspecified atom stereocenters. The Morgan fingerprint density at radius 3 is 1.94 bits per heavy atom. The molecule has 1 rings (SSSR count). The second-order valence-electron chi connectivity index (χ2n) is 4.62. The van der Waals surface area contributed by atoms with Crippen LogP contribution in [0.25, 0.3) is 0 Å². The third-order valence-electron chi connectivity index (χ3n) is 2.28. The van der Waals surface area contributed by atoms with Crippen LogP contribution in [0.3, 0.4) is 0 Å². The Morgan fingerprint density at radius 2 is 1.59 bits per heavy atom. The van der Waals surface area contributed by atoms with Crippen LogP contribution in [0, 0.1) is 6.92 Å². The Balaban J connectivity index is 0.00000121. The quantitative estimate of drug-likeness (QED) is 0.754. The highest BCUT2D eigenvalue weighted by Crippen LogP contribution is 2.12. The molecule has 4 nitrogen and oxygen atoms in total. The summed E-state index contributed by atoms with van der Waals surface area (Å²) >= 11 is 0. The molecule has 0 aliphatic carbocycles. The van der Waals surface area contributed by atoms with Gasteiger partial charge < -0.3 is 4.90 Å². The molecule has 0 N–H and O–H groups in total. The monoisotopic (exact) mass is 237 g/mol. The Bertz CT molecular complexity index is 352. The molecule has 1 heterocycles. The van der Waals surface area contributed by atoms with Gasteiger partial charge in [-0.2, -0.15) is 0 Å². The van der Waals surface area contributed by atoms with Gasteiger partial charge in [0.05, 0.1) is 0 Å². The molecule has 96 valence electrons. The second-order valence-corrected chi connectivity index (χ2v) is 4.62. The molecule has 0 radical (unpaired) electrons. The summed E-state index contributed by atoms with van der Waals surface area (Å²) in [6.07, 6.45) is 3.30. The van der Waals surface area contributed by atoms with E-state index in [4.69, 9.17) is 0 Å². The third-order valence-corrected chi connectivity index (χ3v) is 2.28. The maximum Gasteiger partial charge on any atom is 0.291 e. The van der Waals surface area contributed by atoms with Gasteiger partial charge in [-0.1, -0.05) is 13.8 Å². The van der Waals surface area contributed by atoms with Crippen LogP contribution < -0.4 is 0 Å². The summed E-state index contributed by atoms with van der Waals surface area (Å²) in [6, 6.07) is 0. The number of rotatable bonds is 1. The number of amides is 1. The van der Waals surface area contributed by atoms with E-state index in [-0.39, 0.29) is 17.3 Å². The third kappa shape index (κ3) is 4.51. The Kier molecular flexibility index (Phi) is 5.79. The molecule has 0 saturated heterocycles. The first-order valence-corrected chi connectivity index (χ1v) is 5.89. The summed E-state index contributed by atoms with van der Waals surface area (Å²) < 4.78 is 0. The molecule has 17 heavy (non-hydrogen) atoms. The number of aromatic nitrogens is 2. The van der Waals surface area contributed by atoms with E-state index in [0.717, 1.165) is 5.56 Å². The summed E-state index contributed by atoms with van der Waals surface area (Å²) in [5, 5.41) is 0. The number of hydrogen-bond donors (Lipinski definition) is 0. The molecular formula is C13H23N3O. The highest BCUT2D eigenvalue weighted by Gasteiger charge is 2.24. The van der Waals surface area contributed by atoms with Crippen molar-refractivity contribution >= 4 is 5.91 Å². The van der Waals surface area contributed by atoms with E-state index in [1.165, 1.54) is 0 Å². The van der Waals surface area contributed by atoms with Crippen molar-refractivity contribution in [3.05, 3.63) is 23.8 Å². The van der Waals surface area contributed by atoms with E-state index in [2.05, 4.69) is 9.97 Å². The summed E-state index contributed by atoms with van der Waals surface area (Å²) in [4.78, 5) is 21.6. The van der Waals surface area contributed by atoms with E-state index in [1.807, 2.05) is 41.5 Å². The first-order valence-electron chi connectivity index (χ1n) is 5.89. The van der Waals surface area contributed by atoms with E-state index in [9.17, 15) is 4.79 Å². The van der Waals surface area contributed by atoms with Gasteiger partial charge in [0.15, 0.2) is 0 Å². The minimum atomic E-state index is -0.217. The number of aryl methyl sites for hydroxylation is 1. The van der Waals surface area contributed by atoms with Crippen molar-refractivity contribution in [3.63, 3.8) is 0 Å². The van der Waals surface area contributed by atoms with Gasteiger partial charge in [-0.3, -0.25) is 4.79 Å². The molecule has 0 bridgehead atoms. The molecule has 0 aliphatic heterocycles. The van der Waals surface area contributed by atoms with Crippen molar-refractivity contribution in [1.82, 2.24) is 14.9 Å². The maximum absolute atomic E-state index is 11.9. The van der Waals surface area contributed by atoms with Gasteiger partial charge in [0, 0.05) is 25.0 Å². The van der Waals surface area contributed by atoms with Crippen LogP contribution >= 0.6 is 0 Å². The fraction of sp³-hybridized carbons (Fsp3) is 0.615.